The molecule has 0 fully saturated rings. The first-order valence-corrected chi connectivity index (χ1v) is 5.87. The van der Waals surface area contributed by atoms with E-state index in [1.54, 1.807) is 12.5 Å². The van der Waals surface area contributed by atoms with Gasteiger partial charge in [0.15, 0.2) is 5.65 Å². The van der Waals surface area contributed by atoms with Crippen LogP contribution in [-0.2, 0) is 6.54 Å². The highest BCUT2D eigenvalue weighted by Crippen LogP contribution is 2.21. The molecule has 1 N–H and O–H groups in total. The number of benzene rings is 1. The fourth-order valence-corrected chi connectivity index (χ4v) is 2.33. The van der Waals surface area contributed by atoms with E-state index >= 15 is 0 Å². The molecule has 0 bridgehead atoms. The van der Waals surface area contributed by atoms with E-state index in [9.17, 15) is 4.79 Å². The number of hydrogen-bond acceptors (Lipinski definition) is 4. The summed E-state index contributed by atoms with van der Waals surface area (Å²) in [5.74, 6) is -0.0135. The summed E-state index contributed by atoms with van der Waals surface area (Å²) in [5.41, 5.74) is 4.20. The topological polar surface area (TPSA) is 72.7 Å². The van der Waals surface area contributed by atoms with Gasteiger partial charge in [-0.1, -0.05) is 0 Å². The number of aromatic nitrogens is 4. The average Bonchev–Trinajstić information content (AvgIpc) is 3.03. The third kappa shape index (κ3) is 1.43. The second-order valence-electron chi connectivity index (χ2n) is 4.37. The predicted molar refractivity (Wildman–Crippen MR) is 67.8 cm³/mol. The van der Waals surface area contributed by atoms with E-state index < -0.39 is 0 Å². The van der Waals surface area contributed by atoms with Gasteiger partial charge in [-0.3, -0.25) is 9.36 Å². The van der Waals surface area contributed by atoms with Crippen molar-refractivity contribution in [2.45, 2.75) is 6.54 Å². The number of amides is 1. The molecule has 1 amide bonds. The SMILES string of the molecule is O=C1NCc2cc(-n3cnc4ncncc43)ccc21. The molecule has 3 aromatic rings. The normalized spacial score (nSPS) is 13.6. The molecule has 0 aliphatic carbocycles. The Morgan fingerprint density at radius 3 is 3.16 bits per heavy atom. The standard InChI is InChI=1S/C13H9N5O/c19-13-10-2-1-9(3-8(10)4-15-13)18-7-17-12-11(18)5-14-6-16-12/h1-3,5-7H,4H2,(H,15,19). The highest BCUT2D eigenvalue weighted by Gasteiger charge is 2.19. The van der Waals surface area contributed by atoms with Crippen molar-refractivity contribution in [1.82, 2.24) is 24.8 Å². The smallest absolute Gasteiger partial charge is 0.251 e. The largest absolute Gasteiger partial charge is 0.348 e. The van der Waals surface area contributed by atoms with E-state index in [-0.39, 0.29) is 5.91 Å². The third-order valence-corrected chi connectivity index (χ3v) is 3.28. The number of fused-ring (bicyclic) bond motifs is 2. The molecule has 92 valence electrons. The highest BCUT2D eigenvalue weighted by atomic mass is 16.1. The van der Waals surface area contributed by atoms with Crippen molar-refractivity contribution >= 4 is 17.1 Å². The number of rotatable bonds is 1. The molecule has 6 nitrogen and oxygen atoms in total. The van der Waals surface area contributed by atoms with Crippen LogP contribution in [0.15, 0.2) is 37.1 Å². The number of imidazole rings is 1. The van der Waals surface area contributed by atoms with Gasteiger partial charge < -0.3 is 5.32 Å². The number of nitrogens with zero attached hydrogens (tertiary/aromatic N) is 4. The third-order valence-electron chi connectivity index (χ3n) is 3.28. The molecule has 3 heterocycles. The lowest BCUT2D eigenvalue weighted by atomic mass is 10.1. The van der Waals surface area contributed by atoms with Gasteiger partial charge in [-0.05, 0) is 23.8 Å². The summed E-state index contributed by atoms with van der Waals surface area (Å²) >= 11 is 0. The number of nitrogens with one attached hydrogen (secondary N) is 1. The first-order valence-electron chi connectivity index (χ1n) is 5.87. The fraction of sp³-hybridized carbons (Fsp3) is 0.0769. The predicted octanol–water partition coefficient (Wildman–Crippen LogP) is 1.06. The van der Waals surface area contributed by atoms with Gasteiger partial charge in [-0.2, -0.15) is 0 Å². The lowest BCUT2D eigenvalue weighted by Gasteiger charge is -2.05. The van der Waals surface area contributed by atoms with Gasteiger partial charge in [0.05, 0.1) is 6.20 Å². The van der Waals surface area contributed by atoms with Crippen LogP contribution in [-0.4, -0.2) is 25.4 Å². The molecule has 0 atom stereocenters. The molecule has 1 aliphatic rings. The fourth-order valence-electron chi connectivity index (χ4n) is 2.33. The lowest BCUT2D eigenvalue weighted by molar-refractivity contribution is 0.0966. The molecule has 4 rings (SSSR count). The molecule has 1 aliphatic heterocycles. The van der Waals surface area contributed by atoms with Crippen molar-refractivity contribution in [3.63, 3.8) is 0 Å². The number of carbonyl (C=O) groups excluding carboxylic acids is 1. The quantitative estimate of drug-likeness (QED) is 0.701. The molecule has 0 radical (unpaired) electrons. The van der Waals surface area contributed by atoms with Gasteiger partial charge in [-0.15, -0.1) is 0 Å². The molecule has 2 aromatic heterocycles. The van der Waals surface area contributed by atoms with Crippen LogP contribution >= 0.6 is 0 Å². The Bertz CT molecular complexity index is 808. The average molecular weight is 251 g/mol. The molecule has 0 unspecified atom stereocenters. The van der Waals surface area contributed by atoms with E-state index in [2.05, 4.69) is 20.3 Å². The molecule has 1 aromatic carbocycles. The summed E-state index contributed by atoms with van der Waals surface area (Å²) in [6.45, 7) is 0.575. The molecule has 19 heavy (non-hydrogen) atoms. The van der Waals surface area contributed by atoms with Crippen molar-refractivity contribution in [3.05, 3.63) is 48.2 Å². The van der Waals surface area contributed by atoms with Crippen LogP contribution in [0.5, 0.6) is 0 Å². The van der Waals surface area contributed by atoms with Crippen molar-refractivity contribution in [2.75, 3.05) is 0 Å². The van der Waals surface area contributed by atoms with E-state index in [1.807, 2.05) is 22.8 Å². The zero-order chi connectivity index (χ0) is 12.8. The molecule has 0 saturated carbocycles. The molecule has 0 spiro atoms. The maximum absolute atomic E-state index is 11.5. The summed E-state index contributed by atoms with van der Waals surface area (Å²) in [6.07, 6.45) is 4.92. The Morgan fingerprint density at radius 1 is 1.26 bits per heavy atom. The lowest BCUT2D eigenvalue weighted by Crippen LogP contribution is -2.12. The Hall–Kier alpha value is -2.76. The summed E-state index contributed by atoms with van der Waals surface area (Å²) in [6, 6.07) is 5.72. The van der Waals surface area contributed by atoms with Crippen molar-refractivity contribution < 1.29 is 4.79 Å². The summed E-state index contributed by atoms with van der Waals surface area (Å²) in [5, 5.41) is 2.81. The van der Waals surface area contributed by atoms with E-state index in [4.69, 9.17) is 0 Å². The maximum atomic E-state index is 11.5. The van der Waals surface area contributed by atoms with Gasteiger partial charge in [0.2, 0.25) is 0 Å². The van der Waals surface area contributed by atoms with Crippen LogP contribution in [0.4, 0.5) is 0 Å². The van der Waals surface area contributed by atoms with Gasteiger partial charge in [0, 0.05) is 17.8 Å². The first kappa shape index (κ1) is 10.2. The Kier molecular flexibility index (Phi) is 1.94. The molecular formula is C13H9N5O. The number of carbonyl (C=O) groups is 1. The summed E-state index contributed by atoms with van der Waals surface area (Å²) in [4.78, 5) is 23.9. The van der Waals surface area contributed by atoms with Crippen LogP contribution in [0.25, 0.3) is 16.9 Å². The summed E-state index contributed by atoms with van der Waals surface area (Å²) in [7, 11) is 0. The zero-order valence-electron chi connectivity index (χ0n) is 9.87. The van der Waals surface area contributed by atoms with Crippen molar-refractivity contribution in [2.24, 2.45) is 0 Å². The Balaban J connectivity index is 1.91. The monoisotopic (exact) mass is 251 g/mol. The minimum absolute atomic E-state index is 0.0135. The molecular weight excluding hydrogens is 242 g/mol. The van der Waals surface area contributed by atoms with Crippen LogP contribution < -0.4 is 5.32 Å². The molecule has 6 heteroatoms. The van der Waals surface area contributed by atoms with Gasteiger partial charge in [0.25, 0.3) is 5.91 Å². The summed E-state index contributed by atoms with van der Waals surface area (Å²) < 4.78 is 1.92. The highest BCUT2D eigenvalue weighted by molar-refractivity contribution is 5.98. The number of hydrogen-bond donors (Lipinski definition) is 1. The van der Waals surface area contributed by atoms with Crippen LogP contribution in [0, 0.1) is 0 Å². The Labute approximate surface area is 108 Å². The van der Waals surface area contributed by atoms with Crippen molar-refractivity contribution in [3.8, 4) is 5.69 Å². The van der Waals surface area contributed by atoms with E-state index in [1.165, 1.54) is 6.33 Å². The van der Waals surface area contributed by atoms with Crippen LogP contribution in [0.1, 0.15) is 15.9 Å². The van der Waals surface area contributed by atoms with E-state index in [0.717, 1.165) is 22.3 Å². The van der Waals surface area contributed by atoms with Gasteiger partial charge in [-0.25, -0.2) is 15.0 Å². The minimum Gasteiger partial charge on any atom is -0.348 e. The second kappa shape index (κ2) is 3.61. The van der Waals surface area contributed by atoms with Crippen LogP contribution in [0.2, 0.25) is 0 Å². The van der Waals surface area contributed by atoms with Crippen LogP contribution in [0.3, 0.4) is 0 Å². The minimum atomic E-state index is -0.0135. The zero-order valence-corrected chi connectivity index (χ0v) is 9.87. The van der Waals surface area contributed by atoms with Crippen molar-refractivity contribution in [1.29, 1.82) is 0 Å². The maximum Gasteiger partial charge on any atom is 0.251 e. The second-order valence-corrected chi connectivity index (χ2v) is 4.37. The van der Waals surface area contributed by atoms with E-state index in [0.29, 0.717) is 12.2 Å². The molecule has 0 saturated heterocycles. The first-order chi connectivity index (χ1) is 9.33. The Morgan fingerprint density at radius 2 is 2.21 bits per heavy atom. The van der Waals surface area contributed by atoms with Gasteiger partial charge >= 0.3 is 0 Å². The van der Waals surface area contributed by atoms with Gasteiger partial charge in [0.1, 0.15) is 18.2 Å².